The maximum Gasteiger partial charge on any atom is 0.104 e. The Balaban J connectivity index is 3.90. The molecule has 0 atom stereocenters. The Labute approximate surface area is 53.2 Å². The molecule has 0 aliphatic heterocycles. The van der Waals surface area contributed by atoms with E-state index in [1.54, 1.807) is 0 Å². The normalized spacial score (nSPS) is 13.9. The minimum Gasteiger partial charge on any atom is -0.807 e. The summed E-state index contributed by atoms with van der Waals surface area (Å²) in [6, 6.07) is 0. The van der Waals surface area contributed by atoms with Gasteiger partial charge < -0.3 is 24.2 Å². The van der Waals surface area contributed by atoms with Gasteiger partial charge in [0.15, 0.2) is 0 Å². The van der Waals surface area contributed by atoms with Crippen molar-refractivity contribution in [3.63, 3.8) is 0 Å². The van der Waals surface area contributed by atoms with Gasteiger partial charge in [-0.3, -0.25) is 0 Å². The van der Waals surface area contributed by atoms with Gasteiger partial charge in [0.2, 0.25) is 0 Å². The molecule has 56 valence electrons. The largest absolute Gasteiger partial charge is 0.807 e. The molecule has 0 aromatic rings. The summed E-state index contributed by atoms with van der Waals surface area (Å²) in [5.41, 5.74) is 0. The lowest BCUT2D eigenvalue weighted by Crippen LogP contribution is -2.38. The van der Waals surface area contributed by atoms with E-state index in [1.165, 1.54) is 0 Å². The number of hydrogen-bond donors (Lipinski definition) is 0. The maximum atomic E-state index is 10.5. The van der Waals surface area contributed by atoms with Crippen molar-refractivity contribution < 1.29 is 19.0 Å². The summed E-state index contributed by atoms with van der Waals surface area (Å²) in [6.07, 6.45) is -0.882. The van der Waals surface area contributed by atoms with Gasteiger partial charge in [-0.05, 0) is 7.60 Å². The zero-order chi connectivity index (χ0) is 7.71. The molecule has 0 aliphatic rings. The minimum absolute atomic E-state index is 0.882. The van der Waals surface area contributed by atoms with Gasteiger partial charge in [0.1, 0.15) is 6.29 Å². The Morgan fingerprint density at radius 2 is 1.78 bits per heavy atom. The van der Waals surface area contributed by atoms with E-state index >= 15 is 0 Å². The van der Waals surface area contributed by atoms with Gasteiger partial charge in [0.25, 0.3) is 0 Å². The zero-order valence-electron chi connectivity index (χ0n) is 5.23. The van der Waals surface area contributed by atoms with Crippen molar-refractivity contribution in [2.24, 2.45) is 0 Å². The Hall–Kier alpha value is 0.0700. The first kappa shape index (κ1) is 9.07. The van der Waals surface area contributed by atoms with Crippen LogP contribution in [-0.2, 0) is 4.57 Å². The second-order valence-corrected chi connectivity index (χ2v) is 3.83. The van der Waals surface area contributed by atoms with Crippen LogP contribution in [0.2, 0.25) is 0 Å². The van der Waals surface area contributed by atoms with Crippen molar-refractivity contribution in [3.8, 4) is 0 Å². The SMILES string of the molecule is C[N+](C)([O-])CP(=O)([O-])[O-]. The van der Waals surface area contributed by atoms with Gasteiger partial charge in [0.05, 0.1) is 14.1 Å². The quantitative estimate of drug-likeness (QED) is 0.272. The molecule has 0 amide bonds. The summed E-state index contributed by atoms with van der Waals surface area (Å²) >= 11 is 0. The van der Waals surface area contributed by atoms with Crippen LogP contribution in [0.25, 0.3) is 0 Å². The highest BCUT2D eigenvalue weighted by atomic mass is 31.2. The molecule has 0 N–H and O–H groups in total. The molecule has 6 heteroatoms. The molecule has 0 spiro atoms. The van der Waals surface area contributed by atoms with Crippen molar-refractivity contribution >= 4 is 7.60 Å². The molecular formula is C3H8NO4P-2. The topological polar surface area (TPSA) is 86.2 Å². The number of hydrogen-bond acceptors (Lipinski definition) is 4. The molecule has 0 aromatic carbocycles. The van der Waals surface area contributed by atoms with E-state index in [0.717, 1.165) is 14.1 Å². The number of nitrogens with zero attached hydrogens (tertiary/aromatic N) is 1. The monoisotopic (exact) mass is 153 g/mol. The van der Waals surface area contributed by atoms with Gasteiger partial charge in [-0.2, -0.15) is 0 Å². The fourth-order valence-corrected chi connectivity index (χ4v) is 1.25. The summed E-state index contributed by atoms with van der Waals surface area (Å²) in [5.74, 6) is 0. The molecule has 0 radical (unpaired) electrons. The van der Waals surface area contributed by atoms with Gasteiger partial charge in [-0.1, -0.05) is 0 Å². The number of hydroxylamine groups is 3. The number of rotatable bonds is 2. The summed E-state index contributed by atoms with van der Waals surface area (Å²) in [7, 11) is -2.43. The second kappa shape index (κ2) is 2.36. The van der Waals surface area contributed by atoms with Crippen LogP contribution in [0, 0.1) is 5.21 Å². The number of quaternary nitrogens is 1. The van der Waals surface area contributed by atoms with E-state index in [-0.39, 0.29) is 0 Å². The van der Waals surface area contributed by atoms with Crippen LogP contribution < -0.4 is 9.79 Å². The average molecular weight is 153 g/mol. The Bertz CT molecular complexity index is 133. The lowest BCUT2D eigenvalue weighted by atomic mass is 10.9. The van der Waals surface area contributed by atoms with Crippen LogP contribution >= 0.6 is 7.60 Å². The molecule has 0 fully saturated rings. The molecule has 0 aliphatic carbocycles. The van der Waals surface area contributed by atoms with Crippen molar-refractivity contribution in [2.75, 3.05) is 20.4 Å². The summed E-state index contributed by atoms with van der Waals surface area (Å²) in [5, 5.41) is 10.5. The first-order valence-electron chi connectivity index (χ1n) is 2.26. The van der Waals surface area contributed by atoms with Crippen molar-refractivity contribution in [3.05, 3.63) is 5.21 Å². The van der Waals surface area contributed by atoms with Crippen LogP contribution in [0.15, 0.2) is 0 Å². The van der Waals surface area contributed by atoms with E-state index < -0.39 is 18.5 Å². The predicted molar refractivity (Wildman–Crippen MR) is 27.9 cm³/mol. The summed E-state index contributed by atoms with van der Waals surface area (Å²) in [6.45, 7) is 0. The standard InChI is InChI=1S/C3H10NO4P/c1-4(2,5)3-9(6,7)8/h3H2,1-2H3,(H2,6,7,8)/p-2. The molecular weight excluding hydrogens is 145 g/mol. The smallest absolute Gasteiger partial charge is 0.104 e. The van der Waals surface area contributed by atoms with E-state index in [1.807, 2.05) is 0 Å². The zero-order valence-corrected chi connectivity index (χ0v) is 6.13. The Kier molecular flexibility index (Phi) is 2.38. The molecule has 5 nitrogen and oxygen atoms in total. The highest BCUT2D eigenvalue weighted by molar-refractivity contribution is 7.48. The predicted octanol–water partition coefficient (Wildman–Crippen LogP) is -1.57. The molecule has 0 rings (SSSR count). The van der Waals surface area contributed by atoms with E-state index in [0.29, 0.717) is 0 Å². The molecule has 0 saturated carbocycles. The maximum absolute atomic E-state index is 10.5. The Morgan fingerprint density at radius 3 is 1.78 bits per heavy atom. The third-order valence-corrected chi connectivity index (χ3v) is 1.54. The van der Waals surface area contributed by atoms with E-state index in [4.69, 9.17) is 0 Å². The van der Waals surface area contributed by atoms with Crippen LogP contribution in [0.3, 0.4) is 0 Å². The minimum atomic E-state index is -4.63. The fraction of sp³-hybridized carbons (Fsp3) is 1.00. The summed E-state index contributed by atoms with van der Waals surface area (Å²) < 4.78 is 8.82. The van der Waals surface area contributed by atoms with Gasteiger partial charge in [-0.15, -0.1) is 0 Å². The van der Waals surface area contributed by atoms with E-state index in [9.17, 15) is 19.6 Å². The van der Waals surface area contributed by atoms with Crippen LogP contribution in [-0.4, -0.2) is 25.0 Å². The Morgan fingerprint density at radius 1 is 1.44 bits per heavy atom. The summed E-state index contributed by atoms with van der Waals surface area (Å²) in [4.78, 5) is 19.8. The molecule has 0 heterocycles. The molecule has 0 unspecified atom stereocenters. The highest BCUT2D eigenvalue weighted by Crippen LogP contribution is 2.25. The van der Waals surface area contributed by atoms with Gasteiger partial charge in [0, 0.05) is 0 Å². The lowest BCUT2D eigenvalue weighted by Gasteiger charge is -2.42. The average Bonchev–Trinajstić information content (AvgIpc) is 1.14. The third kappa shape index (κ3) is 8.07. The van der Waals surface area contributed by atoms with Gasteiger partial charge >= 0.3 is 0 Å². The van der Waals surface area contributed by atoms with Crippen LogP contribution in [0.5, 0.6) is 0 Å². The molecule has 0 aromatic heterocycles. The first-order chi connectivity index (χ1) is 3.71. The molecule has 0 saturated heterocycles. The van der Waals surface area contributed by atoms with Crippen molar-refractivity contribution in [1.82, 2.24) is 0 Å². The lowest BCUT2D eigenvalue weighted by molar-refractivity contribution is -0.830. The second-order valence-electron chi connectivity index (χ2n) is 2.33. The van der Waals surface area contributed by atoms with Crippen LogP contribution in [0.4, 0.5) is 0 Å². The van der Waals surface area contributed by atoms with Gasteiger partial charge in [-0.25, -0.2) is 0 Å². The van der Waals surface area contributed by atoms with E-state index in [2.05, 4.69) is 0 Å². The van der Waals surface area contributed by atoms with Crippen LogP contribution in [0.1, 0.15) is 0 Å². The fourth-order valence-electron chi connectivity index (χ4n) is 0.417. The third-order valence-electron chi connectivity index (χ3n) is 0.514. The first-order valence-corrected chi connectivity index (χ1v) is 3.99. The molecule has 9 heavy (non-hydrogen) atoms. The molecule has 0 bridgehead atoms. The van der Waals surface area contributed by atoms with Crippen molar-refractivity contribution in [1.29, 1.82) is 0 Å². The van der Waals surface area contributed by atoms with Crippen molar-refractivity contribution in [2.45, 2.75) is 0 Å². The highest BCUT2D eigenvalue weighted by Gasteiger charge is 2.02.